The zero-order valence-corrected chi connectivity index (χ0v) is 13.0. The minimum atomic E-state index is 1.07. The van der Waals surface area contributed by atoms with E-state index < -0.39 is 0 Å². The molecule has 2 N–H and O–H groups in total. The number of halogens is 1. The van der Waals surface area contributed by atoms with Crippen molar-refractivity contribution in [3.05, 3.63) is 83.3 Å². The van der Waals surface area contributed by atoms with E-state index >= 15 is 0 Å². The maximum absolute atomic E-state index is 3.44. The van der Waals surface area contributed by atoms with E-state index in [0.29, 0.717) is 0 Å². The highest BCUT2D eigenvalue weighted by Gasteiger charge is 1.97. The van der Waals surface area contributed by atoms with E-state index in [0.717, 1.165) is 27.2 Å². The van der Waals surface area contributed by atoms with Crippen LogP contribution in [0.1, 0.15) is 0 Å². The van der Waals surface area contributed by atoms with Crippen LogP contribution in [0.15, 0.2) is 83.3 Å². The van der Waals surface area contributed by atoms with Crippen molar-refractivity contribution in [1.82, 2.24) is 0 Å². The molecule has 0 amide bonds. The van der Waals surface area contributed by atoms with Gasteiger partial charge in [-0.3, -0.25) is 0 Å². The van der Waals surface area contributed by atoms with Crippen LogP contribution >= 0.6 is 15.9 Å². The van der Waals surface area contributed by atoms with Gasteiger partial charge in [0.2, 0.25) is 0 Å². The van der Waals surface area contributed by atoms with Gasteiger partial charge in [0, 0.05) is 27.2 Å². The maximum atomic E-state index is 3.44. The molecule has 0 saturated heterocycles. The van der Waals surface area contributed by atoms with Crippen LogP contribution in [-0.4, -0.2) is 0 Å². The normalized spacial score (nSPS) is 10.1. The molecular weight excluding hydrogens is 324 g/mol. The van der Waals surface area contributed by atoms with E-state index in [9.17, 15) is 0 Å². The molecule has 3 rings (SSSR count). The minimum Gasteiger partial charge on any atom is -0.356 e. The fourth-order valence-corrected chi connectivity index (χ4v) is 2.29. The summed E-state index contributed by atoms with van der Waals surface area (Å²) in [5, 5.41) is 6.74. The van der Waals surface area contributed by atoms with E-state index in [2.05, 4.69) is 50.8 Å². The predicted molar refractivity (Wildman–Crippen MR) is 93.6 cm³/mol. The number of anilines is 4. The number of rotatable bonds is 4. The molecule has 3 heteroatoms. The van der Waals surface area contributed by atoms with Crippen molar-refractivity contribution in [3.63, 3.8) is 0 Å². The average molecular weight is 339 g/mol. The molecule has 21 heavy (non-hydrogen) atoms. The zero-order chi connectivity index (χ0) is 14.5. The summed E-state index contributed by atoms with van der Waals surface area (Å²) in [5.41, 5.74) is 4.30. The number of para-hydroxylation sites is 1. The second-order valence-corrected chi connectivity index (χ2v) is 5.62. The minimum absolute atomic E-state index is 1.07. The Morgan fingerprint density at radius 1 is 0.476 bits per heavy atom. The monoisotopic (exact) mass is 338 g/mol. The Morgan fingerprint density at radius 3 is 1.33 bits per heavy atom. The van der Waals surface area contributed by atoms with E-state index in [-0.39, 0.29) is 0 Å². The first kappa shape index (κ1) is 13.7. The second-order valence-electron chi connectivity index (χ2n) is 4.70. The fraction of sp³-hybridized carbons (Fsp3) is 0. The highest BCUT2D eigenvalue weighted by atomic mass is 79.9. The summed E-state index contributed by atoms with van der Waals surface area (Å²) in [5.74, 6) is 0. The van der Waals surface area contributed by atoms with Crippen LogP contribution in [0, 0.1) is 0 Å². The molecule has 0 fully saturated rings. The predicted octanol–water partition coefficient (Wildman–Crippen LogP) is 5.94. The van der Waals surface area contributed by atoms with Crippen LogP contribution in [0.3, 0.4) is 0 Å². The van der Waals surface area contributed by atoms with E-state index in [4.69, 9.17) is 0 Å². The van der Waals surface area contributed by atoms with Gasteiger partial charge in [0.25, 0.3) is 0 Å². The SMILES string of the molecule is Brc1ccc(Nc2ccc(Nc3ccccc3)cc2)cc1. The van der Waals surface area contributed by atoms with Gasteiger partial charge in [-0.2, -0.15) is 0 Å². The Kier molecular flexibility index (Phi) is 4.22. The maximum Gasteiger partial charge on any atom is 0.0385 e. The molecule has 0 saturated carbocycles. The molecule has 3 aromatic rings. The molecule has 0 unspecified atom stereocenters. The van der Waals surface area contributed by atoms with Gasteiger partial charge in [-0.15, -0.1) is 0 Å². The van der Waals surface area contributed by atoms with Gasteiger partial charge in [0.1, 0.15) is 0 Å². The molecule has 0 aliphatic heterocycles. The lowest BCUT2D eigenvalue weighted by Crippen LogP contribution is -1.92. The topological polar surface area (TPSA) is 24.1 Å². The molecular formula is C18H15BrN2. The Hall–Kier alpha value is -2.26. The third-order valence-corrected chi connectivity index (χ3v) is 3.61. The number of hydrogen-bond acceptors (Lipinski definition) is 2. The van der Waals surface area contributed by atoms with E-state index in [1.54, 1.807) is 0 Å². The van der Waals surface area contributed by atoms with Crippen LogP contribution < -0.4 is 10.6 Å². The summed E-state index contributed by atoms with van der Waals surface area (Å²) < 4.78 is 1.08. The van der Waals surface area contributed by atoms with Crippen molar-refractivity contribution in [2.75, 3.05) is 10.6 Å². The van der Waals surface area contributed by atoms with Crippen molar-refractivity contribution in [2.45, 2.75) is 0 Å². The number of nitrogens with one attached hydrogen (secondary N) is 2. The molecule has 104 valence electrons. The third-order valence-electron chi connectivity index (χ3n) is 3.08. The molecule has 0 bridgehead atoms. The first-order valence-corrected chi connectivity index (χ1v) is 7.54. The number of benzene rings is 3. The first-order chi connectivity index (χ1) is 10.3. The summed E-state index contributed by atoms with van der Waals surface area (Å²) in [4.78, 5) is 0. The van der Waals surface area contributed by atoms with Crippen LogP contribution in [-0.2, 0) is 0 Å². The van der Waals surface area contributed by atoms with Gasteiger partial charge < -0.3 is 10.6 Å². The standard InChI is InChI=1S/C18H15BrN2/c19-14-6-8-16(9-7-14)21-18-12-10-17(11-13-18)20-15-4-2-1-3-5-15/h1-13,20-21H. The van der Waals surface area contributed by atoms with Gasteiger partial charge >= 0.3 is 0 Å². The lowest BCUT2D eigenvalue weighted by atomic mass is 10.2. The van der Waals surface area contributed by atoms with Gasteiger partial charge in [0.05, 0.1) is 0 Å². The van der Waals surface area contributed by atoms with E-state index in [1.807, 2.05) is 54.6 Å². The Bertz CT molecular complexity index is 692. The number of hydrogen-bond donors (Lipinski definition) is 2. The lowest BCUT2D eigenvalue weighted by Gasteiger charge is -2.09. The summed E-state index contributed by atoms with van der Waals surface area (Å²) in [7, 11) is 0. The average Bonchev–Trinajstić information content (AvgIpc) is 2.53. The van der Waals surface area contributed by atoms with Crippen molar-refractivity contribution in [1.29, 1.82) is 0 Å². The molecule has 2 nitrogen and oxygen atoms in total. The van der Waals surface area contributed by atoms with Crippen molar-refractivity contribution < 1.29 is 0 Å². The van der Waals surface area contributed by atoms with E-state index in [1.165, 1.54) is 0 Å². The quantitative estimate of drug-likeness (QED) is 0.615. The van der Waals surface area contributed by atoms with Crippen molar-refractivity contribution in [3.8, 4) is 0 Å². The highest BCUT2D eigenvalue weighted by molar-refractivity contribution is 9.10. The highest BCUT2D eigenvalue weighted by Crippen LogP contribution is 2.22. The Labute approximate surface area is 133 Å². The molecule has 0 atom stereocenters. The Morgan fingerprint density at radius 2 is 0.857 bits per heavy atom. The summed E-state index contributed by atoms with van der Waals surface area (Å²) in [6.45, 7) is 0. The summed E-state index contributed by atoms with van der Waals surface area (Å²) in [6, 6.07) is 26.5. The van der Waals surface area contributed by atoms with Gasteiger partial charge in [-0.1, -0.05) is 34.1 Å². The third kappa shape index (κ3) is 3.86. The molecule has 0 aliphatic rings. The van der Waals surface area contributed by atoms with Crippen LogP contribution in [0.2, 0.25) is 0 Å². The summed E-state index contributed by atoms with van der Waals surface area (Å²) >= 11 is 3.44. The van der Waals surface area contributed by atoms with Crippen LogP contribution in [0.4, 0.5) is 22.7 Å². The van der Waals surface area contributed by atoms with Crippen LogP contribution in [0.5, 0.6) is 0 Å². The summed E-state index contributed by atoms with van der Waals surface area (Å²) in [6.07, 6.45) is 0. The van der Waals surface area contributed by atoms with Crippen LogP contribution in [0.25, 0.3) is 0 Å². The molecule has 0 radical (unpaired) electrons. The largest absolute Gasteiger partial charge is 0.356 e. The smallest absolute Gasteiger partial charge is 0.0385 e. The van der Waals surface area contributed by atoms with Crippen molar-refractivity contribution >= 4 is 38.7 Å². The zero-order valence-electron chi connectivity index (χ0n) is 11.4. The second kappa shape index (κ2) is 6.46. The molecule has 0 spiro atoms. The molecule has 0 aromatic heterocycles. The Balaban J connectivity index is 1.68. The molecule has 3 aromatic carbocycles. The fourth-order valence-electron chi connectivity index (χ4n) is 2.02. The first-order valence-electron chi connectivity index (χ1n) is 6.74. The van der Waals surface area contributed by atoms with Gasteiger partial charge in [-0.25, -0.2) is 0 Å². The van der Waals surface area contributed by atoms with Gasteiger partial charge in [0.15, 0.2) is 0 Å². The molecule has 0 aliphatic carbocycles. The van der Waals surface area contributed by atoms with Gasteiger partial charge in [-0.05, 0) is 60.7 Å². The van der Waals surface area contributed by atoms with Crippen molar-refractivity contribution in [2.24, 2.45) is 0 Å². The lowest BCUT2D eigenvalue weighted by molar-refractivity contribution is 1.51. The molecule has 0 heterocycles.